The van der Waals surface area contributed by atoms with Crippen LogP contribution in [-0.4, -0.2) is 29.0 Å². The van der Waals surface area contributed by atoms with Crippen LogP contribution >= 0.6 is 0 Å². The summed E-state index contributed by atoms with van der Waals surface area (Å²) in [4.78, 5) is 0. The van der Waals surface area contributed by atoms with E-state index in [0.29, 0.717) is 6.61 Å². The van der Waals surface area contributed by atoms with Crippen molar-refractivity contribution in [2.45, 2.75) is 85.9 Å². The normalized spacial score (nSPS) is 14.6. The number of rotatable bonds is 9. The van der Waals surface area contributed by atoms with Gasteiger partial charge in [-0.15, -0.1) is 0 Å². The third kappa shape index (κ3) is 6.02. The van der Waals surface area contributed by atoms with E-state index >= 15 is 0 Å². The molecule has 2 unspecified atom stereocenters. The highest BCUT2D eigenvalue weighted by Crippen LogP contribution is 2.41. The van der Waals surface area contributed by atoms with Crippen LogP contribution in [0.5, 0.6) is 5.75 Å². The standard InChI is InChI=1S/C29H42O3/c1-9-29(10-2,25-14-15-26(21(4)18-25)32-19-22(5)30)24-13-11-23(20(3)17-24)12-16-27(31)28(6,7)8/h11-18,22,27,30-31H,9-10,19H2,1-8H3/b16-12+. The molecule has 0 heterocycles. The summed E-state index contributed by atoms with van der Waals surface area (Å²) in [7, 11) is 0. The molecule has 2 N–H and O–H groups in total. The first-order valence-electron chi connectivity index (χ1n) is 11.8. The Morgan fingerprint density at radius 1 is 0.906 bits per heavy atom. The first-order chi connectivity index (χ1) is 14.9. The molecule has 3 nitrogen and oxygen atoms in total. The van der Waals surface area contributed by atoms with Crippen molar-refractivity contribution < 1.29 is 14.9 Å². The highest BCUT2D eigenvalue weighted by atomic mass is 16.5. The van der Waals surface area contributed by atoms with Crippen LogP contribution < -0.4 is 4.74 Å². The Labute approximate surface area is 195 Å². The quantitative estimate of drug-likeness (QED) is 0.464. The molecule has 0 aliphatic rings. The van der Waals surface area contributed by atoms with Crippen molar-refractivity contribution in [1.29, 1.82) is 0 Å². The van der Waals surface area contributed by atoms with Crippen LogP contribution in [0.4, 0.5) is 0 Å². The molecular formula is C29H42O3. The maximum Gasteiger partial charge on any atom is 0.122 e. The van der Waals surface area contributed by atoms with E-state index < -0.39 is 12.2 Å². The van der Waals surface area contributed by atoms with Crippen LogP contribution in [0.2, 0.25) is 0 Å². The van der Waals surface area contributed by atoms with Crippen molar-refractivity contribution in [3.05, 3.63) is 70.3 Å². The molecule has 2 aromatic carbocycles. The number of aliphatic hydroxyl groups is 2. The molecule has 0 saturated heterocycles. The van der Waals surface area contributed by atoms with Gasteiger partial charge in [-0.25, -0.2) is 0 Å². The van der Waals surface area contributed by atoms with Crippen molar-refractivity contribution in [2.75, 3.05) is 6.61 Å². The Bertz CT molecular complexity index is 914. The van der Waals surface area contributed by atoms with Gasteiger partial charge in [-0.2, -0.15) is 0 Å². The monoisotopic (exact) mass is 438 g/mol. The SMILES string of the molecule is CCC(CC)(c1ccc(/C=C/C(O)C(C)(C)C)c(C)c1)c1ccc(OCC(C)O)c(C)c1. The van der Waals surface area contributed by atoms with Gasteiger partial charge in [-0.1, -0.05) is 77.1 Å². The molecule has 0 bridgehead atoms. The molecule has 0 aliphatic carbocycles. The number of hydrogen-bond donors (Lipinski definition) is 2. The Morgan fingerprint density at radius 3 is 1.94 bits per heavy atom. The first-order valence-corrected chi connectivity index (χ1v) is 11.8. The van der Waals surface area contributed by atoms with Crippen molar-refractivity contribution in [2.24, 2.45) is 5.41 Å². The lowest BCUT2D eigenvalue weighted by atomic mass is 9.70. The topological polar surface area (TPSA) is 49.7 Å². The van der Waals surface area contributed by atoms with Crippen LogP contribution in [0.1, 0.15) is 82.2 Å². The molecule has 176 valence electrons. The summed E-state index contributed by atoms with van der Waals surface area (Å²) in [6.45, 7) is 16.8. The van der Waals surface area contributed by atoms with Gasteiger partial charge in [0, 0.05) is 5.41 Å². The van der Waals surface area contributed by atoms with Gasteiger partial charge in [0.2, 0.25) is 0 Å². The lowest BCUT2D eigenvalue weighted by molar-refractivity contribution is 0.106. The van der Waals surface area contributed by atoms with Gasteiger partial charge in [-0.05, 0) is 72.9 Å². The van der Waals surface area contributed by atoms with E-state index in [1.807, 2.05) is 39.0 Å². The van der Waals surface area contributed by atoms with Crippen LogP contribution in [0.25, 0.3) is 6.08 Å². The van der Waals surface area contributed by atoms with E-state index in [9.17, 15) is 10.2 Å². The summed E-state index contributed by atoms with van der Waals surface area (Å²) in [6, 6.07) is 13.1. The van der Waals surface area contributed by atoms with E-state index in [-0.39, 0.29) is 10.8 Å². The van der Waals surface area contributed by atoms with E-state index in [0.717, 1.165) is 29.7 Å². The third-order valence-corrected chi connectivity index (χ3v) is 6.58. The lowest BCUT2D eigenvalue weighted by Gasteiger charge is -2.34. The molecule has 2 aromatic rings. The highest BCUT2D eigenvalue weighted by molar-refractivity contribution is 5.57. The molecule has 2 rings (SSSR count). The van der Waals surface area contributed by atoms with Crippen molar-refractivity contribution >= 4 is 6.08 Å². The second kappa shape index (κ2) is 10.7. The van der Waals surface area contributed by atoms with Gasteiger partial charge in [0.25, 0.3) is 0 Å². The smallest absolute Gasteiger partial charge is 0.122 e. The summed E-state index contributed by atoms with van der Waals surface area (Å²) in [6.07, 6.45) is 4.95. The fourth-order valence-corrected chi connectivity index (χ4v) is 4.20. The average Bonchev–Trinajstić information content (AvgIpc) is 2.72. The molecule has 0 spiro atoms. The van der Waals surface area contributed by atoms with E-state index in [4.69, 9.17) is 4.74 Å². The summed E-state index contributed by atoms with van der Waals surface area (Å²) >= 11 is 0. The largest absolute Gasteiger partial charge is 0.491 e. The molecular weight excluding hydrogens is 396 g/mol. The number of ether oxygens (including phenoxy) is 1. The third-order valence-electron chi connectivity index (χ3n) is 6.58. The molecule has 2 atom stereocenters. The van der Waals surface area contributed by atoms with Crippen LogP contribution in [-0.2, 0) is 5.41 Å². The van der Waals surface area contributed by atoms with Crippen LogP contribution in [0.3, 0.4) is 0 Å². The molecule has 0 aliphatic heterocycles. The molecule has 0 amide bonds. The maximum absolute atomic E-state index is 10.4. The minimum absolute atomic E-state index is 0.0779. The van der Waals surface area contributed by atoms with Crippen molar-refractivity contribution in [3.8, 4) is 5.75 Å². The van der Waals surface area contributed by atoms with E-state index in [2.05, 4.69) is 58.0 Å². The van der Waals surface area contributed by atoms with Gasteiger partial charge in [-0.3, -0.25) is 0 Å². The fourth-order valence-electron chi connectivity index (χ4n) is 4.20. The molecule has 0 radical (unpaired) electrons. The van der Waals surface area contributed by atoms with Gasteiger partial charge < -0.3 is 14.9 Å². The predicted molar refractivity (Wildman–Crippen MR) is 135 cm³/mol. The average molecular weight is 439 g/mol. The molecule has 0 fully saturated rings. The minimum atomic E-state index is -0.487. The van der Waals surface area contributed by atoms with Gasteiger partial charge in [0.1, 0.15) is 12.4 Å². The first kappa shape index (κ1) is 26.2. The van der Waals surface area contributed by atoms with Crippen LogP contribution in [0, 0.1) is 19.3 Å². The number of benzene rings is 2. The van der Waals surface area contributed by atoms with Crippen LogP contribution in [0.15, 0.2) is 42.5 Å². The zero-order valence-electron chi connectivity index (χ0n) is 21.2. The maximum atomic E-state index is 10.4. The second-order valence-electron chi connectivity index (χ2n) is 10.2. The number of aryl methyl sites for hydroxylation is 2. The molecule has 3 heteroatoms. The highest BCUT2D eigenvalue weighted by Gasteiger charge is 2.31. The summed E-state index contributed by atoms with van der Waals surface area (Å²) < 4.78 is 5.77. The second-order valence-corrected chi connectivity index (χ2v) is 10.2. The van der Waals surface area contributed by atoms with Gasteiger partial charge in [0.05, 0.1) is 12.2 Å². The Hall–Kier alpha value is -2.10. The summed E-state index contributed by atoms with van der Waals surface area (Å²) in [5.74, 6) is 0.824. The zero-order chi connectivity index (χ0) is 24.1. The van der Waals surface area contributed by atoms with Gasteiger partial charge >= 0.3 is 0 Å². The molecule has 32 heavy (non-hydrogen) atoms. The minimum Gasteiger partial charge on any atom is -0.491 e. The number of aliphatic hydroxyl groups excluding tert-OH is 2. The Kier molecular flexibility index (Phi) is 8.73. The molecule has 0 aromatic heterocycles. The Balaban J connectivity index is 2.40. The summed E-state index contributed by atoms with van der Waals surface area (Å²) in [5.41, 5.74) is 5.77. The Morgan fingerprint density at radius 2 is 1.47 bits per heavy atom. The number of hydrogen-bond acceptors (Lipinski definition) is 3. The lowest BCUT2D eigenvalue weighted by Crippen LogP contribution is -2.26. The summed E-state index contributed by atoms with van der Waals surface area (Å²) in [5, 5.41) is 19.9. The molecule has 0 saturated carbocycles. The zero-order valence-corrected chi connectivity index (χ0v) is 21.2. The van der Waals surface area contributed by atoms with E-state index in [1.54, 1.807) is 6.92 Å². The van der Waals surface area contributed by atoms with Gasteiger partial charge in [0.15, 0.2) is 0 Å². The van der Waals surface area contributed by atoms with E-state index in [1.165, 1.54) is 16.7 Å². The van der Waals surface area contributed by atoms with Crippen molar-refractivity contribution in [3.63, 3.8) is 0 Å². The predicted octanol–water partition coefficient (Wildman–Crippen LogP) is 6.59. The fraction of sp³-hybridized carbons (Fsp3) is 0.517. The van der Waals surface area contributed by atoms with Crippen molar-refractivity contribution in [1.82, 2.24) is 0 Å².